The number of nitrogens with one attached hydrogen (secondary N) is 1. The molecule has 2 aromatic carbocycles. The van der Waals surface area contributed by atoms with Gasteiger partial charge in [-0.2, -0.15) is 5.21 Å². The maximum absolute atomic E-state index is 13.1. The third-order valence-electron chi connectivity index (χ3n) is 4.91. The minimum absolute atomic E-state index is 0.0284. The number of rotatable bonds is 8. The van der Waals surface area contributed by atoms with Crippen LogP contribution in [-0.2, 0) is 22.9 Å². The first-order chi connectivity index (χ1) is 15.8. The summed E-state index contributed by atoms with van der Waals surface area (Å²) in [5.41, 5.74) is 1.69. The second kappa shape index (κ2) is 9.39. The van der Waals surface area contributed by atoms with Crippen molar-refractivity contribution in [3.05, 3.63) is 101 Å². The lowest BCUT2D eigenvalue weighted by Gasteiger charge is -2.05. The number of aryl methyl sites for hydroxylation is 2. The summed E-state index contributed by atoms with van der Waals surface area (Å²) >= 11 is 5.88. The number of halogens is 1. The van der Waals surface area contributed by atoms with Crippen molar-refractivity contribution in [2.24, 2.45) is 0 Å². The lowest BCUT2D eigenvalue weighted by molar-refractivity contribution is 0.104. The van der Waals surface area contributed by atoms with E-state index in [9.17, 15) is 18.3 Å². The van der Waals surface area contributed by atoms with Gasteiger partial charge in [0.15, 0.2) is 11.5 Å². The van der Waals surface area contributed by atoms with Gasteiger partial charge in [-0.05, 0) is 53.4 Å². The van der Waals surface area contributed by atoms with E-state index in [1.807, 2.05) is 30.3 Å². The molecular formula is C22H18ClN5O4S. The molecule has 33 heavy (non-hydrogen) atoms. The predicted molar refractivity (Wildman–Crippen MR) is 121 cm³/mol. The van der Waals surface area contributed by atoms with Gasteiger partial charge in [0.1, 0.15) is 0 Å². The molecule has 0 radical (unpaired) electrons. The van der Waals surface area contributed by atoms with Crippen molar-refractivity contribution in [3.63, 3.8) is 0 Å². The molecule has 0 amide bonds. The number of carbonyl (C=O) groups is 1. The number of carbonyl (C=O) groups excluding carboxylic acids is 1. The molecule has 0 fully saturated rings. The summed E-state index contributed by atoms with van der Waals surface area (Å²) < 4.78 is 27.3. The average molecular weight is 484 g/mol. The van der Waals surface area contributed by atoms with Crippen molar-refractivity contribution < 1.29 is 18.3 Å². The quantitative estimate of drug-likeness (QED) is 0.223. The molecule has 2 N–H and O–H groups in total. The Kier molecular flexibility index (Phi) is 6.38. The number of tetrazole rings is 1. The molecule has 0 spiro atoms. The summed E-state index contributed by atoms with van der Waals surface area (Å²) in [6.07, 6.45) is 4.59. The zero-order valence-corrected chi connectivity index (χ0v) is 18.7. The van der Waals surface area contributed by atoms with E-state index in [4.69, 9.17) is 11.6 Å². The number of nitrogens with zero attached hydrogens (tertiary/aromatic N) is 4. The molecule has 0 aliphatic carbocycles. The van der Waals surface area contributed by atoms with Gasteiger partial charge in [0.05, 0.1) is 4.90 Å². The van der Waals surface area contributed by atoms with Gasteiger partial charge in [-0.15, -0.1) is 10.2 Å². The van der Waals surface area contributed by atoms with E-state index in [1.54, 1.807) is 0 Å². The third-order valence-corrected chi connectivity index (χ3v) is 6.79. The monoisotopic (exact) mass is 483 g/mol. The van der Waals surface area contributed by atoms with E-state index >= 15 is 0 Å². The molecule has 11 heteroatoms. The molecule has 0 aliphatic heterocycles. The molecule has 9 nitrogen and oxygen atoms in total. The highest BCUT2D eigenvalue weighted by Gasteiger charge is 2.22. The number of aromatic amines is 1. The minimum Gasteiger partial charge on any atom is -0.504 e. The second-order valence-corrected chi connectivity index (χ2v) is 9.38. The number of aliphatic hydroxyl groups excluding tert-OH is 1. The van der Waals surface area contributed by atoms with E-state index in [1.165, 1.54) is 36.7 Å². The molecule has 0 aliphatic rings. The molecule has 0 saturated heterocycles. The van der Waals surface area contributed by atoms with Gasteiger partial charge in [-0.25, -0.2) is 12.4 Å². The van der Waals surface area contributed by atoms with Crippen LogP contribution in [0.3, 0.4) is 0 Å². The first-order valence-electron chi connectivity index (χ1n) is 9.79. The molecule has 4 aromatic rings. The number of hydrogen-bond donors (Lipinski definition) is 2. The van der Waals surface area contributed by atoms with Crippen molar-refractivity contribution in [3.8, 4) is 0 Å². The van der Waals surface area contributed by atoms with Crippen LogP contribution in [-0.4, -0.2) is 43.9 Å². The van der Waals surface area contributed by atoms with Crippen LogP contribution in [0.2, 0.25) is 5.02 Å². The molecule has 168 valence electrons. The SMILES string of the molecule is O=C(C=C(O)c1nn[nH]n1)c1cn(S(=O)(=O)c2ccc(Cl)cc2)cc1CCc1ccccc1. The summed E-state index contributed by atoms with van der Waals surface area (Å²) in [6.45, 7) is 0. The summed E-state index contributed by atoms with van der Waals surface area (Å²) in [5.74, 6) is -1.23. The summed E-state index contributed by atoms with van der Waals surface area (Å²) in [7, 11) is -3.96. The van der Waals surface area contributed by atoms with Crippen LogP contribution in [0.4, 0.5) is 0 Å². The molecule has 4 rings (SSSR count). The minimum atomic E-state index is -3.96. The molecule has 2 aromatic heterocycles. The number of H-pyrrole nitrogens is 1. The maximum atomic E-state index is 13.1. The lowest BCUT2D eigenvalue weighted by Crippen LogP contribution is -2.11. The fourth-order valence-electron chi connectivity index (χ4n) is 3.22. The van der Waals surface area contributed by atoms with Gasteiger partial charge in [-0.1, -0.05) is 41.9 Å². The topological polar surface area (TPSA) is 131 Å². The zero-order chi connectivity index (χ0) is 23.4. The van der Waals surface area contributed by atoms with E-state index in [0.29, 0.717) is 23.4 Å². The first-order valence-corrected chi connectivity index (χ1v) is 11.6. The largest absolute Gasteiger partial charge is 0.504 e. The Morgan fingerprint density at radius 1 is 1.06 bits per heavy atom. The van der Waals surface area contributed by atoms with Crippen LogP contribution in [0.25, 0.3) is 5.76 Å². The highest BCUT2D eigenvalue weighted by molar-refractivity contribution is 7.90. The van der Waals surface area contributed by atoms with Crippen LogP contribution < -0.4 is 0 Å². The molecule has 2 heterocycles. The summed E-state index contributed by atoms with van der Waals surface area (Å²) in [5, 5.41) is 23.3. The van der Waals surface area contributed by atoms with Gasteiger partial charge in [0.2, 0.25) is 5.82 Å². The number of aromatic nitrogens is 5. The van der Waals surface area contributed by atoms with Crippen LogP contribution in [0.15, 0.2) is 78.0 Å². The zero-order valence-electron chi connectivity index (χ0n) is 17.1. The fraction of sp³-hybridized carbons (Fsp3) is 0.0909. The Labute approximate surface area is 194 Å². The van der Waals surface area contributed by atoms with Crippen molar-refractivity contribution in [1.29, 1.82) is 0 Å². The Morgan fingerprint density at radius 2 is 1.79 bits per heavy atom. The van der Waals surface area contributed by atoms with Crippen LogP contribution in [0.1, 0.15) is 27.3 Å². The van der Waals surface area contributed by atoms with Crippen LogP contribution in [0.5, 0.6) is 0 Å². The number of aliphatic hydroxyl groups is 1. The summed E-state index contributed by atoms with van der Waals surface area (Å²) in [4.78, 5) is 13.0. The predicted octanol–water partition coefficient (Wildman–Crippen LogP) is 3.46. The fourth-order valence-corrected chi connectivity index (χ4v) is 4.58. The van der Waals surface area contributed by atoms with Crippen molar-refractivity contribution in [1.82, 2.24) is 24.6 Å². The van der Waals surface area contributed by atoms with Crippen molar-refractivity contribution in [2.45, 2.75) is 17.7 Å². The number of benzene rings is 2. The standard InChI is InChI=1S/C22H18ClN5O4S/c23-17-8-10-18(11-9-17)33(31,32)28-13-16(7-6-15-4-2-1-3-5-15)19(14-28)20(29)12-21(30)22-24-26-27-25-22/h1-5,8-14,30H,6-7H2,(H,24,25,26,27). The number of allylic oxidation sites excluding steroid dienone is 1. The Balaban J connectivity index is 1.71. The first kappa shape index (κ1) is 22.4. The Bertz CT molecular complexity index is 1400. The smallest absolute Gasteiger partial charge is 0.267 e. The molecule has 0 bridgehead atoms. The van der Waals surface area contributed by atoms with Crippen molar-refractivity contribution >= 4 is 33.2 Å². The normalized spacial score (nSPS) is 12.1. The molecule has 0 saturated carbocycles. The van der Waals surface area contributed by atoms with E-state index in [0.717, 1.165) is 15.6 Å². The Hall–Kier alpha value is -3.76. The number of hydrogen-bond acceptors (Lipinski definition) is 7. The van der Waals surface area contributed by atoms with Crippen molar-refractivity contribution in [2.75, 3.05) is 0 Å². The lowest BCUT2D eigenvalue weighted by atomic mass is 10.0. The second-order valence-electron chi connectivity index (χ2n) is 7.10. The van der Waals surface area contributed by atoms with E-state index in [2.05, 4.69) is 20.6 Å². The maximum Gasteiger partial charge on any atom is 0.267 e. The highest BCUT2D eigenvalue weighted by Crippen LogP contribution is 2.23. The van der Waals surface area contributed by atoms with Gasteiger partial charge in [-0.3, -0.25) is 4.79 Å². The molecule has 0 unspecified atom stereocenters. The van der Waals surface area contributed by atoms with Gasteiger partial charge in [0.25, 0.3) is 10.0 Å². The Morgan fingerprint density at radius 3 is 2.45 bits per heavy atom. The average Bonchev–Trinajstić information content (AvgIpc) is 3.49. The van der Waals surface area contributed by atoms with Gasteiger partial charge in [0, 0.05) is 29.1 Å². The van der Waals surface area contributed by atoms with Crippen LogP contribution in [0, 0.1) is 0 Å². The molecule has 0 atom stereocenters. The van der Waals surface area contributed by atoms with Gasteiger partial charge >= 0.3 is 0 Å². The van der Waals surface area contributed by atoms with E-state index in [-0.39, 0.29) is 16.3 Å². The number of ketones is 1. The summed E-state index contributed by atoms with van der Waals surface area (Å²) in [6, 6.07) is 15.4. The van der Waals surface area contributed by atoms with Crippen LogP contribution >= 0.6 is 11.6 Å². The third kappa shape index (κ3) is 5.02. The molecular weight excluding hydrogens is 466 g/mol. The van der Waals surface area contributed by atoms with Gasteiger partial charge < -0.3 is 5.11 Å². The highest BCUT2D eigenvalue weighted by atomic mass is 35.5. The van der Waals surface area contributed by atoms with E-state index < -0.39 is 21.6 Å².